The number of ether oxygens (including phenoxy) is 10. The number of methoxy groups -OCH3 is 2. The Kier molecular flexibility index (Phi) is 37.4. The summed E-state index contributed by atoms with van der Waals surface area (Å²) in [5.41, 5.74) is 4.36. The SMILES string of the molecule is COC(=O)[C@H]1[C@H](C[C@H](/C=C/C=C/C=C/C=C/C(F)=C/C=C/C=C\[C@H](C)[C@@H](O[Si](C)(C)C(C)(C)C)[C@@H](C)[C@H](C)O)O[C@@H]2O[C@H](C)[C@@H](O[Si](C)(C)C(C)(C)C)[C@H](NC(=O)OCC3c4ccccc4-c4ccccc43)[C@@H]2O[Si](C)(C)C(C)(C)C)O[C@@](C[C@@H]2C[C@H]([C@@H](CC[C@@H]3C[C@H](CC(=O)O)OC4(CCCC4)O3)O[Si](C)(C)C(C)(C)C)OC3(CCCC3)O2)(OC)C[C@@H]1O[Si](C)(C)C(C)(C)C. The van der Waals surface area contributed by atoms with Crippen LogP contribution in [-0.4, -0.2) is 200 Å². The fourth-order valence-electron chi connectivity index (χ4n) is 18.1. The Labute approximate surface area is 792 Å². The zero-order valence-corrected chi connectivity index (χ0v) is 90.7. The number of carboxylic acids is 1. The Morgan fingerprint density at radius 2 is 1.09 bits per heavy atom. The van der Waals surface area contributed by atoms with E-state index in [4.69, 9.17) is 69.5 Å². The molecule has 2 saturated carbocycles. The van der Waals surface area contributed by atoms with Crippen molar-refractivity contribution in [2.75, 3.05) is 20.8 Å². The Morgan fingerprint density at radius 3 is 1.63 bits per heavy atom. The number of carbonyl (C=O) groups excluding carboxylic acids is 2. The molecular weight excluding hydrogens is 1740 g/mol. The first kappa shape index (κ1) is 110. The number of aliphatic hydroxyl groups excluding tert-OH is 1. The average molecular weight is 1910 g/mol. The van der Waals surface area contributed by atoms with Gasteiger partial charge in [-0.2, -0.15) is 0 Å². The molecule has 2 aromatic rings. The number of fused-ring (bicyclic) bond motifs is 3. The van der Waals surface area contributed by atoms with E-state index in [0.717, 1.165) is 60.8 Å². The van der Waals surface area contributed by atoms with E-state index < -0.39 is 168 Å². The number of hydrogen-bond donors (Lipinski definition) is 3. The molecule has 4 aliphatic heterocycles. The molecule has 1 amide bonds. The number of aliphatic hydroxyl groups is 1. The molecule has 9 rings (SSSR count). The quantitative estimate of drug-likeness (QED) is 0.0321. The van der Waals surface area contributed by atoms with Crippen molar-refractivity contribution < 1.29 is 98.5 Å². The van der Waals surface area contributed by atoms with Crippen LogP contribution in [0, 0.1) is 17.8 Å². The maximum absolute atomic E-state index is 15.6. The predicted molar refractivity (Wildman–Crippen MR) is 532 cm³/mol. The lowest BCUT2D eigenvalue weighted by atomic mass is 9.82. The van der Waals surface area contributed by atoms with Crippen LogP contribution in [0.4, 0.5) is 9.18 Å². The van der Waals surface area contributed by atoms with E-state index in [9.17, 15) is 15.0 Å². The molecule has 4 saturated heterocycles. The molecular formula is C104H170FNO20Si5. The highest BCUT2D eigenvalue weighted by Crippen LogP contribution is 2.53. The summed E-state index contributed by atoms with van der Waals surface area (Å²) in [7, 11) is -10.1. The van der Waals surface area contributed by atoms with Gasteiger partial charge in [0.15, 0.2) is 65.2 Å². The monoisotopic (exact) mass is 1910 g/mol. The van der Waals surface area contributed by atoms with Crippen LogP contribution in [0.2, 0.25) is 90.7 Å². The summed E-state index contributed by atoms with van der Waals surface area (Å²) in [5.74, 6) is -6.53. The molecule has 2 spiro atoms. The van der Waals surface area contributed by atoms with Gasteiger partial charge in [-0.15, -0.1) is 0 Å². The number of halogens is 1. The molecule has 0 unspecified atom stereocenters. The summed E-state index contributed by atoms with van der Waals surface area (Å²) in [5, 5.41) is 23.1. The number of rotatable bonds is 38. The fraction of sp³-hybridized carbons (Fsp3) is 0.721. The highest BCUT2D eigenvalue weighted by atomic mass is 28.4. The summed E-state index contributed by atoms with van der Waals surface area (Å²) in [4.78, 5) is 43.1. The highest BCUT2D eigenvalue weighted by Gasteiger charge is 2.60. The first-order valence-corrected chi connectivity index (χ1v) is 63.4. The number of nitrogens with one attached hydrogen (secondary N) is 1. The van der Waals surface area contributed by atoms with Gasteiger partial charge in [0, 0.05) is 76.7 Å². The zero-order valence-electron chi connectivity index (χ0n) is 85.7. The molecule has 21 nitrogen and oxygen atoms in total. The highest BCUT2D eigenvalue weighted by molar-refractivity contribution is 6.76. The Bertz CT molecular complexity index is 4240. The van der Waals surface area contributed by atoms with E-state index in [-0.39, 0.29) is 87.4 Å². The van der Waals surface area contributed by atoms with Crippen LogP contribution in [0.1, 0.15) is 251 Å². The molecule has 2 aromatic carbocycles. The standard InChI is InChI=1S/C104H170FNO20Si5/c1-70(91(71(2)72(3)107)124-129(26,27)99(11,12)13)49-37-36-39-51-74(105)50-38-34-32-33-35-40-52-75(116-95-93(126-131(30,31)101(17,18)19)90(92(73(4)115-95)125-130(28,29)100(14,15)16)106-96(111)114-69-83-81-55-43-41-53-79(81)80-54-42-44-56-82(80)83)64-86-89(94(110)112-20)87(123-128(24,25)98(8,9)10)68-104(113-21,121-86)67-78-65-85(120-103(119-78)61-47-48-62-103)84(122-127(22,23)97(5,6)7)58-57-76-63-77(66-88(108)109)118-102(117-76)59-45-46-60-102/h32-44,49-56,70-73,75-78,83-87,89-93,95,107H,45-48,57-69H2,1-31H3,(H,106,111)(H,108,109)/b34-32+,35-33+,39-36+,49-37-,50-38+,52-40+,74-51-/t70-,71-,72-,73+,75-,76+,77+,78-,84+,85+,86-,87-,89-,90-,91+,92+,93-,95-,104+/m0/s1. The van der Waals surface area contributed by atoms with Crippen LogP contribution in [0.5, 0.6) is 0 Å². The summed E-state index contributed by atoms with van der Waals surface area (Å²) in [6.07, 6.45) is 21.3. The predicted octanol–water partition coefficient (Wildman–Crippen LogP) is 24.7. The van der Waals surface area contributed by atoms with Crippen molar-refractivity contribution in [3.8, 4) is 11.1 Å². The molecule has 0 bridgehead atoms. The first-order chi connectivity index (χ1) is 60.7. The number of esters is 1. The van der Waals surface area contributed by atoms with E-state index in [1.807, 2.05) is 74.6 Å². The third kappa shape index (κ3) is 28.5. The second-order valence-electron chi connectivity index (χ2n) is 46.3. The van der Waals surface area contributed by atoms with Gasteiger partial charge in [-0.05, 0) is 183 Å². The van der Waals surface area contributed by atoms with Crippen LogP contribution in [0.25, 0.3) is 11.1 Å². The number of hydrogen-bond acceptors (Lipinski definition) is 19. The maximum atomic E-state index is 15.6. The van der Waals surface area contributed by atoms with Crippen LogP contribution in [0.15, 0.2) is 133 Å². The molecule has 4 heterocycles. The fourth-order valence-corrected chi connectivity index (χ4v) is 24.9. The van der Waals surface area contributed by atoms with E-state index >= 15 is 14.0 Å². The molecule has 3 aliphatic carbocycles. The Hall–Kier alpha value is -4.72. The van der Waals surface area contributed by atoms with Crippen LogP contribution in [0.3, 0.4) is 0 Å². The van der Waals surface area contributed by atoms with E-state index in [1.165, 1.54) is 19.3 Å². The number of benzene rings is 2. The first-order valence-electron chi connectivity index (χ1n) is 48.8. The number of carbonyl (C=O) groups is 3. The molecule has 6 fully saturated rings. The third-order valence-electron chi connectivity index (χ3n) is 31.1. The van der Waals surface area contributed by atoms with Crippen molar-refractivity contribution in [2.45, 2.75) is 440 Å². The maximum Gasteiger partial charge on any atom is 0.407 e. The topological polar surface area (TPSA) is 242 Å². The minimum Gasteiger partial charge on any atom is -0.481 e. The number of aliphatic carboxylic acids is 1. The van der Waals surface area contributed by atoms with Gasteiger partial charge < -0.3 is 85.0 Å². The van der Waals surface area contributed by atoms with Crippen molar-refractivity contribution in [1.82, 2.24) is 5.32 Å². The van der Waals surface area contributed by atoms with Crippen molar-refractivity contribution in [3.63, 3.8) is 0 Å². The lowest BCUT2D eigenvalue weighted by Crippen LogP contribution is -2.69. The average Bonchev–Trinajstić information content (AvgIpc) is 1.66. The number of allylic oxidation sites excluding steroid dienone is 12. The largest absolute Gasteiger partial charge is 0.481 e. The van der Waals surface area contributed by atoms with Gasteiger partial charge in [-0.3, -0.25) is 9.59 Å². The summed E-state index contributed by atoms with van der Waals surface area (Å²) in [6.45, 7) is 63.0. The molecule has 131 heavy (non-hydrogen) atoms. The molecule has 19 atom stereocenters. The van der Waals surface area contributed by atoms with Crippen molar-refractivity contribution >= 4 is 59.6 Å². The van der Waals surface area contributed by atoms with E-state index in [1.54, 1.807) is 44.4 Å². The van der Waals surface area contributed by atoms with Gasteiger partial charge in [0.25, 0.3) is 0 Å². The van der Waals surface area contributed by atoms with Gasteiger partial charge in [-0.1, -0.05) is 233 Å². The van der Waals surface area contributed by atoms with Gasteiger partial charge in [0.1, 0.15) is 24.5 Å². The minimum absolute atomic E-state index is 0.00368. The van der Waals surface area contributed by atoms with E-state index in [2.05, 4.69) is 206 Å². The van der Waals surface area contributed by atoms with Crippen molar-refractivity contribution in [2.24, 2.45) is 17.8 Å². The Morgan fingerprint density at radius 1 is 0.595 bits per heavy atom. The zero-order chi connectivity index (χ0) is 97.3. The lowest BCUT2D eigenvalue weighted by molar-refractivity contribution is -0.355. The smallest absolute Gasteiger partial charge is 0.407 e. The van der Waals surface area contributed by atoms with Gasteiger partial charge >= 0.3 is 18.0 Å². The van der Waals surface area contributed by atoms with Gasteiger partial charge in [-0.25, -0.2) is 9.18 Å². The molecule has 3 N–H and O–H groups in total. The van der Waals surface area contributed by atoms with E-state index in [0.29, 0.717) is 38.5 Å². The second kappa shape index (κ2) is 44.6. The summed E-state index contributed by atoms with van der Waals surface area (Å²) in [6, 6.07) is 15.6. The molecule has 0 aromatic heterocycles. The Balaban J connectivity index is 1.12. The third-order valence-corrected chi connectivity index (χ3v) is 53.6. The van der Waals surface area contributed by atoms with Crippen molar-refractivity contribution in [1.29, 1.82) is 0 Å². The summed E-state index contributed by atoms with van der Waals surface area (Å²) >= 11 is 0. The lowest BCUT2D eigenvalue weighted by Gasteiger charge is -2.53. The molecule has 27 heteroatoms. The van der Waals surface area contributed by atoms with Crippen LogP contribution in [-0.2, 0) is 79.1 Å². The minimum atomic E-state index is -2.92. The van der Waals surface area contributed by atoms with Gasteiger partial charge in [0.2, 0.25) is 0 Å². The van der Waals surface area contributed by atoms with Crippen molar-refractivity contribution in [3.05, 3.63) is 144 Å². The second-order valence-corrected chi connectivity index (χ2v) is 70.0. The molecule has 738 valence electrons. The number of alkyl carbamates (subject to hydrolysis) is 1. The van der Waals surface area contributed by atoms with Crippen LogP contribution < -0.4 is 5.32 Å². The number of amides is 1. The van der Waals surface area contributed by atoms with Gasteiger partial charge in [0.05, 0.1) is 92.8 Å². The van der Waals surface area contributed by atoms with Crippen LogP contribution >= 0.6 is 0 Å². The normalized spacial score (nSPS) is 28.0. The summed E-state index contributed by atoms with van der Waals surface area (Å²) < 4.78 is 124. The molecule has 0 radical (unpaired) electrons. The number of carboxylic acid groups (broad SMARTS) is 1. The molecule has 7 aliphatic rings.